The Balaban J connectivity index is 1.43. The summed E-state index contributed by atoms with van der Waals surface area (Å²) in [5, 5.41) is 9.36. The largest absolute Gasteiger partial charge is 0.340 e. The predicted octanol–water partition coefficient (Wildman–Crippen LogP) is 6.55. The zero-order valence-electron chi connectivity index (χ0n) is 16.9. The normalized spacial score (nSPS) is 10.5. The lowest BCUT2D eigenvalue weighted by molar-refractivity contribution is 0.103. The number of thiophene rings is 1. The molecule has 2 heterocycles. The summed E-state index contributed by atoms with van der Waals surface area (Å²) in [6.45, 7) is 3.97. The number of rotatable bonds is 6. The van der Waals surface area contributed by atoms with Crippen molar-refractivity contribution in [3.05, 3.63) is 87.2 Å². The van der Waals surface area contributed by atoms with Crippen LogP contribution in [0.25, 0.3) is 0 Å². The van der Waals surface area contributed by atoms with E-state index in [-0.39, 0.29) is 5.91 Å². The van der Waals surface area contributed by atoms with Crippen LogP contribution in [0.15, 0.2) is 66.7 Å². The zero-order chi connectivity index (χ0) is 21.8. The highest BCUT2D eigenvalue weighted by molar-refractivity contribution is 7.18. The number of aryl methyl sites for hydroxylation is 2. The summed E-state index contributed by atoms with van der Waals surface area (Å²) < 4.78 is 0.582. The molecule has 0 radical (unpaired) electrons. The van der Waals surface area contributed by atoms with E-state index in [0.29, 0.717) is 26.7 Å². The van der Waals surface area contributed by atoms with Crippen molar-refractivity contribution >= 4 is 57.7 Å². The lowest BCUT2D eigenvalue weighted by Gasteiger charge is -2.11. The van der Waals surface area contributed by atoms with Gasteiger partial charge in [0.15, 0.2) is 0 Å². The molecule has 3 N–H and O–H groups in total. The maximum absolute atomic E-state index is 12.2. The number of carbonyl (C=O) groups is 1. The van der Waals surface area contributed by atoms with Crippen LogP contribution in [0.2, 0.25) is 4.34 Å². The minimum absolute atomic E-state index is 0.188. The lowest BCUT2D eigenvalue weighted by Crippen LogP contribution is -2.10. The van der Waals surface area contributed by atoms with E-state index in [2.05, 4.69) is 32.8 Å². The molecule has 2 aromatic carbocycles. The molecule has 0 saturated carbocycles. The fraction of sp³-hybridized carbons (Fsp3) is 0.0870. The Morgan fingerprint density at radius 2 is 1.48 bits per heavy atom. The summed E-state index contributed by atoms with van der Waals surface area (Å²) >= 11 is 7.14. The molecule has 156 valence electrons. The number of anilines is 5. The first-order valence-corrected chi connectivity index (χ1v) is 10.8. The van der Waals surface area contributed by atoms with Crippen LogP contribution in [0.5, 0.6) is 0 Å². The molecule has 0 spiro atoms. The molecule has 8 heteroatoms. The number of hydrogen-bond acceptors (Lipinski definition) is 6. The quantitative estimate of drug-likeness (QED) is 0.311. The smallest absolute Gasteiger partial charge is 0.265 e. The van der Waals surface area contributed by atoms with Crippen molar-refractivity contribution in [2.75, 3.05) is 16.0 Å². The van der Waals surface area contributed by atoms with Crippen LogP contribution in [0, 0.1) is 13.8 Å². The van der Waals surface area contributed by atoms with Crippen molar-refractivity contribution in [1.29, 1.82) is 0 Å². The standard InChI is InChI=1S/C23H20ClN5OS/c1-14-3-5-16(6-4-14)26-21-13-15(2)25-23(29-21)28-18-9-7-17(8-10-18)27-22(30)19-11-12-20(24)31-19/h3-13H,1-2H3,(H,27,30)(H2,25,26,28,29). The molecule has 0 unspecified atom stereocenters. The van der Waals surface area contributed by atoms with Crippen molar-refractivity contribution in [3.8, 4) is 0 Å². The minimum Gasteiger partial charge on any atom is -0.340 e. The Labute approximate surface area is 189 Å². The highest BCUT2D eigenvalue weighted by atomic mass is 35.5. The Hall–Kier alpha value is -3.42. The fourth-order valence-corrected chi connectivity index (χ4v) is 3.81. The van der Waals surface area contributed by atoms with E-state index in [1.807, 2.05) is 61.5 Å². The number of amides is 1. The molecule has 4 aromatic rings. The van der Waals surface area contributed by atoms with E-state index in [9.17, 15) is 4.79 Å². The molecule has 0 bridgehead atoms. The van der Waals surface area contributed by atoms with Crippen molar-refractivity contribution < 1.29 is 4.79 Å². The Bertz CT molecular complexity index is 1210. The van der Waals surface area contributed by atoms with E-state index in [1.165, 1.54) is 16.9 Å². The van der Waals surface area contributed by atoms with E-state index in [1.54, 1.807) is 12.1 Å². The third-order valence-electron chi connectivity index (χ3n) is 4.37. The molecule has 0 aliphatic heterocycles. The maximum Gasteiger partial charge on any atom is 0.265 e. The molecule has 0 aliphatic rings. The van der Waals surface area contributed by atoms with Crippen LogP contribution >= 0.6 is 22.9 Å². The topological polar surface area (TPSA) is 78.9 Å². The van der Waals surface area contributed by atoms with E-state index >= 15 is 0 Å². The Morgan fingerprint density at radius 1 is 0.839 bits per heavy atom. The van der Waals surface area contributed by atoms with Gasteiger partial charge >= 0.3 is 0 Å². The van der Waals surface area contributed by atoms with Gasteiger partial charge in [-0.25, -0.2) is 4.98 Å². The SMILES string of the molecule is Cc1ccc(Nc2cc(C)nc(Nc3ccc(NC(=O)c4ccc(Cl)s4)cc3)n2)cc1. The highest BCUT2D eigenvalue weighted by Crippen LogP contribution is 2.24. The van der Waals surface area contributed by atoms with E-state index < -0.39 is 0 Å². The highest BCUT2D eigenvalue weighted by Gasteiger charge is 2.09. The van der Waals surface area contributed by atoms with Gasteiger partial charge in [0.1, 0.15) is 5.82 Å². The molecule has 0 saturated heterocycles. The first-order chi connectivity index (χ1) is 14.9. The van der Waals surface area contributed by atoms with Gasteiger partial charge in [0.05, 0.1) is 9.21 Å². The number of aromatic nitrogens is 2. The van der Waals surface area contributed by atoms with Crippen molar-refractivity contribution in [2.45, 2.75) is 13.8 Å². The molecule has 4 rings (SSSR count). The molecule has 0 fully saturated rings. The van der Waals surface area contributed by atoms with Gasteiger partial charge in [0, 0.05) is 28.8 Å². The average molecular weight is 450 g/mol. The van der Waals surface area contributed by atoms with Gasteiger partial charge in [0.25, 0.3) is 5.91 Å². The zero-order valence-corrected chi connectivity index (χ0v) is 18.5. The lowest BCUT2D eigenvalue weighted by atomic mass is 10.2. The molecule has 0 aliphatic carbocycles. The van der Waals surface area contributed by atoms with Crippen LogP contribution < -0.4 is 16.0 Å². The molecule has 31 heavy (non-hydrogen) atoms. The second kappa shape index (κ2) is 9.16. The molecule has 1 amide bonds. The second-order valence-corrected chi connectivity index (χ2v) is 8.68. The number of halogens is 1. The molecular formula is C23H20ClN5OS. The van der Waals surface area contributed by atoms with Gasteiger partial charge in [-0.3, -0.25) is 4.79 Å². The van der Waals surface area contributed by atoms with Crippen molar-refractivity contribution in [2.24, 2.45) is 0 Å². The number of nitrogens with one attached hydrogen (secondary N) is 3. The molecule has 6 nitrogen and oxygen atoms in total. The summed E-state index contributed by atoms with van der Waals surface area (Å²) in [5.41, 5.74) is 4.49. The third kappa shape index (κ3) is 5.59. The van der Waals surface area contributed by atoms with Crippen LogP contribution in [0.1, 0.15) is 20.9 Å². The van der Waals surface area contributed by atoms with Gasteiger partial charge in [-0.15, -0.1) is 11.3 Å². The van der Waals surface area contributed by atoms with Gasteiger partial charge in [-0.1, -0.05) is 29.3 Å². The van der Waals surface area contributed by atoms with Gasteiger partial charge in [-0.2, -0.15) is 4.98 Å². The van der Waals surface area contributed by atoms with Crippen LogP contribution in [0.3, 0.4) is 0 Å². The first kappa shape index (κ1) is 20.8. The maximum atomic E-state index is 12.2. The summed E-state index contributed by atoms with van der Waals surface area (Å²) in [7, 11) is 0. The number of nitrogens with zero attached hydrogens (tertiary/aromatic N) is 2. The summed E-state index contributed by atoms with van der Waals surface area (Å²) in [6, 6.07) is 20.8. The second-order valence-electron chi connectivity index (χ2n) is 6.97. The van der Waals surface area contributed by atoms with Crippen LogP contribution in [-0.2, 0) is 0 Å². The average Bonchev–Trinajstić information content (AvgIpc) is 3.17. The minimum atomic E-state index is -0.188. The summed E-state index contributed by atoms with van der Waals surface area (Å²) in [5.74, 6) is 1.00. The molecule has 2 aromatic heterocycles. The Morgan fingerprint density at radius 3 is 2.16 bits per heavy atom. The summed E-state index contributed by atoms with van der Waals surface area (Å²) in [6.07, 6.45) is 0. The number of benzene rings is 2. The van der Waals surface area contributed by atoms with E-state index in [4.69, 9.17) is 11.6 Å². The van der Waals surface area contributed by atoms with Gasteiger partial charge in [-0.05, 0) is 62.4 Å². The molecule has 0 atom stereocenters. The molecular weight excluding hydrogens is 430 g/mol. The van der Waals surface area contributed by atoms with E-state index in [0.717, 1.165) is 17.1 Å². The Kier molecular flexibility index (Phi) is 6.16. The van der Waals surface area contributed by atoms with Crippen molar-refractivity contribution in [1.82, 2.24) is 9.97 Å². The predicted molar refractivity (Wildman–Crippen MR) is 128 cm³/mol. The van der Waals surface area contributed by atoms with Gasteiger partial charge in [0.2, 0.25) is 5.95 Å². The summed E-state index contributed by atoms with van der Waals surface area (Å²) in [4.78, 5) is 21.8. The fourth-order valence-electron chi connectivity index (χ4n) is 2.87. The number of carbonyl (C=O) groups excluding carboxylic acids is 1. The number of hydrogen-bond donors (Lipinski definition) is 3. The van der Waals surface area contributed by atoms with Crippen LogP contribution in [-0.4, -0.2) is 15.9 Å². The van der Waals surface area contributed by atoms with Gasteiger partial charge < -0.3 is 16.0 Å². The monoisotopic (exact) mass is 449 g/mol. The first-order valence-electron chi connectivity index (χ1n) is 9.58. The third-order valence-corrected chi connectivity index (χ3v) is 5.60. The van der Waals surface area contributed by atoms with Crippen molar-refractivity contribution in [3.63, 3.8) is 0 Å². The van der Waals surface area contributed by atoms with Crippen LogP contribution in [0.4, 0.5) is 28.8 Å².